The number of nitrogens with zero attached hydrogens (tertiary/aromatic N) is 1. The van der Waals surface area contributed by atoms with E-state index in [1.54, 1.807) is 0 Å². The monoisotopic (exact) mass is 171 g/mol. The maximum absolute atomic E-state index is 8.25. The van der Waals surface area contributed by atoms with Gasteiger partial charge in [-0.15, -0.1) is 0 Å². The Balaban J connectivity index is 2.75. The second kappa shape index (κ2) is 9.84. The van der Waals surface area contributed by atoms with E-state index < -0.39 is 0 Å². The average molecular weight is 171 g/mol. The van der Waals surface area contributed by atoms with Crippen molar-refractivity contribution in [3.8, 4) is 6.07 Å². The van der Waals surface area contributed by atoms with Crippen molar-refractivity contribution in [2.24, 2.45) is 0 Å². The summed E-state index contributed by atoms with van der Waals surface area (Å²) in [6.45, 7) is 2.21. The average Bonchev–Trinajstić information content (AvgIpc) is 2.03. The van der Waals surface area contributed by atoms with Crippen molar-refractivity contribution in [1.29, 1.82) is 5.26 Å². The van der Waals surface area contributed by atoms with Crippen molar-refractivity contribution in [2.45, 2.75) is 39.0 Å². The van der Waals surface area contributed by atoms with Crippen LogP contribution in [0.2, 0.25) is 0 Å². The molecule has 0 aliphatic carbocycles. The molecular formula is C9H17NS. The third kappa shape index (κ3) is 9.84. The van der Waals surface area contributed by atoms with E-state index in [1.807, 2.05) is 11.8 Å². The fourth-order valence-corrected chi connectivity index (χ4v) is 1.73. The maximum Gasteiger partial charge on any atom is 0.0621 e. The van der Waals surface area contributed by atoms with E-state index in [2.05, 4.69) is 13.0 Å². The molecule has 0 aliphatic rings. The van der Waals surface area contributed by atoms with E-state index in [0.29, 0.717) is 0 Å². The smallest absolute Gasteiger partial charge is 0.0621 e. The molecule has 0 aromatic heterocycles. The van der Waals surface area contributed by atoms with Crippen LogP contribution >= 0.6 is 11.8 Å². The second-order valence-electron chi connectivity index (χ2n) is 2.58. The van der Waals surface area contributed by atoms with Gasteiger partial charge in [0.1, 0.15) is 0 Å². The Hall–Kier alpha value is -0.160. The first kappa shape index (κ1) is 10.8. The lowest BCUT2D eigenvalue weighted by molar-refractivity contribution is 0.739. The molecule has 0 aromatic rings. The van der Waals surface area contributed by atoms with Gasteiger partial charge in [-0.05, 0) is 30.8 Å². The molecule has 0 fully saturated rings. The van der Waals surface area contributed by atoms with Crippen molar-refractivity contribution in [1.82, 2.24) is 0 Å². The molecule has 0 unspecified atom stereocenters. The second-order valence-corrected chi connectivity index (χ2v) is 3.81. The van der Waals surface area contributed by atoms with Gasteiger partial charge in [0.05, 0.1) is 6.07 Å². The van der Waals surface area contributed by atoms with Crippen LogP contribution in [0.3, 0.4) is 0 Å². The summed E-state index contributed by atoms with van der Waals surface area (Å²) in [4.78, 5) is 0. The van der Waals surface area contributed by atoms with Crippen LogP contribution in [-0.4, -0.2) is 11.5 Å². The van der Waals surface area contributed by atoms with E-state index in [9.17, 15) is 0 Å². The molecule has 0 amide bonds. The van der Waals surface area contributed by atoms with Crippen LogP contribution in [0.15, 0.2) is 0 Å². The molecule has 0 aliphatic heterocycles. The zero-order valence-electron chi connectivity index (χ0n) is 7.31. The van der Waals surface area contributed by atoms with Gasteiger partial charge in [0, 0.05) is 6.42 Å². The largest absolute Gasteiger partial charge is 0.198 e. The molecule has 0 heterocycles. The van der Waals surface area contributed by atoms with Crippen molar-refractivity contribution >= 4 is 11.8 Å². The van der Waals surface area contributed by atoms with Crippen LogP contribution in [0.25, 0.3) is 0 Å². The minimum Gasteiger partial charge on any atom is -0.198 e. The molecule has 0 rings (SSSR count). The Kier molecular flexibility index (Phi) is 9.70. The molecule has 0 aromatic carbocycles. The molecule has 0 radical (unpaired) electrons. The minimum absolute atomic E-state index is 0.735. The Morgan fingerprint density at radius 3 is 2.64 bits per heavy atom. The van der Waals surface area contributed by atoms with Crippen LogP contribution in [0.1, 0.15) is 39.0 Å². The summed E-state index contributed by atoms with van der Waals surface area (Å²) >= 11 is 2.03. The number of hydrogen-bond acceptors (Lipinski definition) is 2. The van der Waals surface area contributed by atoms with Crippen molar-refractivity contribution < 1.29 is 0 Å². The minimum atomic E-state index is 0.735. The summed E-state index contributed by atoms with van der Waals surface area (Å²) in [5, 5.41) is 8.25. The number of hydrogen-bond donors (Lipinski definition) is 0. The maximum atomic E-state index is 8.25. The third-order valence-corrected chi connectivity index (χ3v) is 2.70. The van der Waals surface area contributed by atoms with E-state index >= 15 is 0 Å². The van der Waals surface area contributed by atoms with Crippen LogP contribution in [0.4, 0.5) is 0 Å². The fourth-order valence-electron chi connectivity index (χ4n) is 0.831. The lowest BCUT2D eigenvalue weighted by Gasteiger charge is -1.97. The first-order valence-electron chi connectivity index (χ1n) is 4.36. The van der Waals surface area contributed by atoms with Crippen molar-refractivity contribution in [3.05, 3.63) is 0 Å². The van der Waals surface area contributed by atoms with Crippen molar-refractivity contribution in [3.63, 3.8) is 0 Å². The molecule has 11 heavy (non-hydrogen) atoms. The molecule has 64 valence electrons. The summed E-state index contributed by atoms with van der Waals surface area (Å²) in [7, 11) is 0. The van der Waals surface area contributed by atoms with Gasteiger partial charge < -0.3 is 0 Å². The first-order valence-corrected chi connectivity index (χ1v) is 5.52. The number of rotatable bonds is 7. The quantitative estimate of drug-likeness (QED) is 0.549. The van der Waals surface area contributed by atoms with Crippen LogP contribution in [0.5, 0.6) is 0 Å². The first-order chi connectivity index (χ1) is 5.41. The summed E-state index contributed by atoms with van der Waals surface area (Å²) in [5.41, 5.74) is 0. The molecule has 0 atom stereocenters. The van der Waals surface area contributed by atoms with Gasteiger partial charge in [-0.3, -0.25) is 0 Å². The predicted molar refractivity (Wildman–Crippen MR) is 51.7 cm³/mol. The van der Waals surface area contributed by atoms with Gasteiger partial charge >= 0.3 is 0 Å². The highest BCUT2D eigenvalue weighted by atomic mass is 32.2. The van der Waals surface area contributed by atoms with E-state index in [-0.39, 0.29) is 0 Å². The predicted octanol–water partition coefficient (Wildman–Crippen LogP) is 3.21. The summed E-state index contributed by atoms with van der Waals surface area (Å²) in [6.07, 6.45) is 5.61. The van der Waals surface area contributed by atoms with Crippen molar-refractivity contribution in [2.75, 3.05) is 11.5 Å². The van der Waals surface area contributed by atoms with Gasteiger partial charge in [0.2, 0.25) is 0 Å². The van der Waals surface area contributed by atoms with Crippen LogP contribution in [-0.2, 0) is 0 Å². The summed E-state index contributed by atoms with van der Waals surface area (Å²) < 4.78 is 0. The zero-order chi connectivity index (χ0) is 8.36. The molecule has 0 saturated carbocycles. The van der Waals surface area contributed by atoms with Gasteiger partial charge in [-0.2, -0.15) is 17.0 Å². The molecule has 1 nitrogen and oxygen atoms in total. The molecule has 0 N–H and O–H groups in total. The van der Waals surface area contributed by atoms with Gasteiger partial charge in [0.25, 0.3) is 0 Å². The highest BCUT2D eigenvalue weighted by Gasteiger charge is 1.89. The molecule has 0 saturated heterocycles. The molecular weight excluding hydrogens is 154 g/mol. The fraction of sp³-hybridized carbons (Fsp3) is 0.889. The van der Waals surface area contributed by atoms with Gasteiger partial charge in [0.15, 0.2) is 0 Å². The molecule has 0 spiro atoms. The highest BCUT2D eigenvalue weighted by molar-refractivity contribution is 7.99. The number of nitriles is 1. The number of thioether (sulfide) groups is 1. The van der Waals surface area contributed by atoms with E-state index in [1.165, 1.54) is 30.8 Å². The highest BCUT2D eigenvalue weighted by Crippen LogP contribution is 2.07. The van der Waals surface area contributed by atoms with Crippen LogP contribution < -0.4 is 0 Å². The Morgan fingerprint density at radius 1 is 1.18 bits per heavy atom. The molecule has 2 heteroatoms. The summed E-state index contributed by atoms with van der Waals surface area (Å²) in [6, 6.07) is 2.16. The van der Waals surface area contributed by atoms with E-state index in [0.717, 1.165) is 12.8 Å². The topological polar surface area (TPSA) is 23.8 Å². The number of unbranched alkanes of at least 4 members (excludes halogenated alkanes) is 3. The summed E-state index contributed by atoms with van der Waals surface area (Å²) in [5.74, 6) is 2.57. The Labute approximate surface area is 74.2 Å². The third-order valence-electron chi connectivity index (χ3n) is 1.43. The Morgan fingerprint density at radius 2 is 2.00 bits per heavy atom. The standard InChI is InChI=1S/C9H17NS/c1-2-8-11-9-6-4-3-5-7-10/h2-6,8-9H2,1H3. The van der Waals surface area contributed by atoms with Crippen LogP contribution in [0, 0.1) is 11.3 Å². The SMILES string of the molecule is CCCSCCCCCC#N. The Bertz CT molecular complexity index is 107. The van der Waals surface area contributed by atoms with Gasteiger partial charge in [-0.25, -0.2) is 0 Å². The normalized spacial score (nSPS) is 9.45. The lowest BCUT2D eigenvalue weighted by atomic mass is 10.2. The lowest BCUT2D eigenvalue weighted by Crippen LogP contribution is -1.82. The van der Waals surface area contributed by atoms with E-state index in [4.69, 9.17) is 5.26 Å². The molecule has 0 bridgehead atoms. The van der Waals surface area contributed by atoms with Gasteiger partial charge in [-0.1, -0.05) is 13.3 Å². The zero-order valence-corrected chi connectivity index (χ0v) is 8.12.